The van der Waals surface area contributed by atoms with Crippen LogP contribution in [0.4, 0.5) is 5.82 Å². The molecule has 0 unspecified atom stereocenters. The van der Waals surface area contributed by atoms with Gasteiger partial charge in [-0.25, -0.2) is 4.68 Å². The van der Waals surface area contributed by atoms with Crippen molar-refractivity contribution in [1.29, 1.82) is 0 Å². The Balaban J connectivity index is 1.55. The molecule has 1 N–H and O–H groups in total. The summed E-state index contributed by atoms with van der Waals surface area (Å²) in [6.07, 6.45) is 0. The lowest BCUT2D eigenvalue weighted by Crippen LogP contribution is -2.40. The van der Waals surface area contributed by atoms with Gasteiger partial charge >= 0.3 is 0 Å². The summed E-state index contributed by atoms with van der Waals surface area (Å²) in [4.78, 5) is 28.4. The second kappa shape index (κ2) is 11.7. The monoisotopic (exact) mass is 522 g/mol. The summed E-state index contributed by atoms with van der Waals surface area (Å²) < 4.78 is 1.76. The zero-order chi connectivity index (χ0) is 28.2. The van der Waals surface area contributed by atoms with Crippen LogP contribution in [-0.4, -0.2) is 39.6 Å². The first kappa shape index (κ1) is 27.8. The lowest BCUT2D eigenvalue weighted by Gasteiger charge is -2.24. The van der Waals surface area contributed by atoms with E-state index in [1.54, 1.807) is 9.58 Å². The highest BCUT2D eigenvalue weighted by Crippen LogP contribution is 2.27. The summed E-state index contributed by atoms with van der Waals surface area (Å²) in [6.45, 7) is 12.8. The van der Waals surface area contributed by atoms with Gasteiger partial charge in [-0.3, -0.25) is 9.59 Å². The number of nitrogens with one attached hydrogen (secondary N) is 1. The van der Waals surface area contributed by atoms with Crippen LogP contribution in [0.3, 0.4) is 0 Å². The topological polar surface area (TPSA) is 67.2 Å². The predicted octanol–water partition coefficient (Wildman–Crippen LogP) is 6.88. The Morgan fingerprint density at radius 2 is 1.51 bits per heavy atom. The molecule has 202 valence electrons. The van der Waals surface area contributed by atoms with Crippen molar-refractivity contribution in [2.24, 2.45) is 5.92 Å². The summed E-state index contributed by atoms with van der Waals surface area (Å²) in [5.74, 6) is 0.355. The van der Waals surface area contributed by atoms with E-state index in [-0.39, 0.29) is 29.7 Å². The average molecular weight is 523 g/mol. The highest BCUT2D eigenvalue weighted by Gasteiger charge is 2.24. The van der Waals surface area contributed by atoms with Crippen molar-refractivity contribution in [3.63, 3.8) is 0 Å². The van der Waals surface area contributed by atoms with E-state index in [1.165, 1.54) is 0 Å². The van der Waals surface area contributed by atoms with Crippen molar-refractivity contribution in [1.82, 2.24) is 14.7 Å². The highest BCUT2D eigenvalue weighted by atomic mass is 16.2. The van der Waals surface area contributed by atoms with Crippen LogP contribution in [0, 0.1) is 12.8 Å². The van der Waals surface area contributed by atoms with E-state index in [4.69, 9.17) is 5.10 Å². The first-order chi connectivity index (χ1) is 18.5. The molecule has 0 spiro atoms. The van der Waals surface area contributed by atoms with E-state index >= 15 is 0 Å². The minimum atomic E-state index is -0.265. The number of amides is 2. The predicted molar refractivity (Wildman–Crippen MR) is 158 cm³/mol. The molecule has 6 nitrogen and oxygen atoms in total. The van der Waals surface area contributed by atoms with Crippen molar-refractivity contribution in [3.8, 4) is 16.8 Å². The van der Waals surface area contributed by atoms with Crippen LogP contribution in [0.5, 0.6) is 0 Å². The van der Waals surface area contributed by atoms with Crippen molar-refractivity contribution >= 4 is 17.6 Å². The first-order valence-electron chi connectivity index (χ1n) is 13.4. The van der Waals surface area contributed by atoms with Gasteiger partial charge in [-0.2, -0.15) is 5.10 Å². The van der Waals surface area contributed by atoms with Gasteiger partial charge in [0.1, 0.15) is 12.4 Å². The van der Waals surface area contributed by atoms with Crippen molar-refractivity contribution in [2.75, 3.05) is 18.4 Å². The third kappa shape index (κ3) is 7.02. The largest absolute Gasteiger partial charge is 0.329 e. The molecule has 1 aromatic heterocycles. The standard InChI is InChI=1S/C33H38N4O2/c1-23(2)21-36(32(39)27-16-14-26(15-17-27)25-10-8-7-9-11-25)22-31(38)34-30-20-29(33(4,5)6)35-37(30)28-18-12-24(3)13-19-28/h7-20,23H,21-22H2,1-6H3,(H,34,38). The molecule has 2 amide bonds. The lowest BCUT2D eigenvalue weighted by atomic mass is 9.92. The number of benzene rings is 3. The molecule has 4 aromatic rings. The molecule has 0 aliphatic rings. The van der Waals surface area contributed by atoms with E-state index in [1.807, 2.05) is 106 Å². The summed E-state index contributed by atoms with van der Waals surface area (Å²) >= 11 is 0. The normalized spacial score (nSPS) is 11.5. The Hall–Kier alpha value is -4.19. The number of hydrogen-bond donors (Lipinski definition) is 1. The van der Waals surface area contributed by atoms with Gasteiger partial charge in [-0.05, 0) is 48.2 Å². The van der Waals surface area contributed by atoms with Crippen LogP contribution in [0.25, 0.3) is 16.8 Å². The van der Waals surface area contributed by atoms with Gasteiger partial charge < -0.3 is 10.2 Å². The molecule has 0 radical (unpaired) electrons. The number of carbonyl (C=O) groups excluding carboxylic acids is 2. The fourth-order valence-electron chi connectivity index (χ4n) is 4.35. The van der Waals surface area contributed by atoms with Crippen molar-refractivity contribution < 1.29 is 9.59 Å². The minimum Gasteiger partial charge on any atom is -0.329 e. The maximum Gasteiger partial charge on any atom is 0.254 e. The Labute approximate surface area is 231 Å². The number of nitrogens with zero attached hydrogens (tertiary/aromatic N) is 3. The Morgan fingerprint density at radius 3 is 2.10 bits per heavy atom. The zero-order valence-corrected chi connectivity index (χ0v) is 23.7. The molecule has 0 saturated heterocycles. The van der Waals surface area contributed by atoms with E-state index < -0.39 is 0 Å². The second-order valence-corrected chi connectivity index (χ2v) is 11.5. The number of carbonyl (C=O) groups is 2. The molecule has 3 aromatic carbocycles. The molecule has 0 atom stereocenters. The van der Waals surface area contributed by atoms with Crippen molar-refractivity contribution in [3.05, 3.63) is 102 Å². The minimum absolute atomic E-state index is 0.0542. The molecule has 0 fully saturated rings. The zero-order valence-electron chi connectivity index (χ0n) is 23.7. The van der Waals surface area contributed by atoms with E-state index in [9.17, 15) is 9.59 Å². The number of hydrogen-bond acceptors (Lipinski definition) is 3. The van der Waals surface area contributed by atoms with E-state index in [2.05, 4.69) is 26.1 Å². The second-order valence-electron chi connectivity index (χ2n) is 11.5. The van der Waals surface area contributed by atoms with Crippen molar-refractivity contribution in [2.45, 2.75) is 47.0 Å². The highest BCUT2D eigenvalue weighted by molar-refractivity contribution is 5.99. The van der Waals surface area contributed by atoms with Gasteiger partial charge in [0, 0.05) is 23.6 Å². The number of anilines is 1. The molecule has 1 heterocycles. The third-order valence-corrected chi connectivity index (χ3v) is 6.47. The Morgan fingerprint density at radius 1 is 0.897 bits per heavy atom. The van der Waals surface area contributed by atoms with E-state index in [0.717, 1.165) is 28.1 Å². The molecule has 0 bridgehead atoms. The van der Waals surface area contributed by atoms with Crippen LogP contribution >= 0.6 is 0 Å². The van der Waals surface area contributed by atoms with Gasteiger partial charge in [0.15, 0.2) is 0 Å². The summed E-state index contributed by atoms with van der Waals surface area (Å²) in [6, 6.07) is 27.5. The van der Waals surface area contributed by atoms with Gasteiger partial charge in [-0.15, -0.1) is 0 Å². The van der Waals surface area contributed by atoms with Gasteiger partial charge in [-0.1, -0.05) is 94.8 Å². The maximum atomic E-state index is 13.5. The van der Waals surface area contributed by atoms with Crippen LogP contribution in [0.15, 0.2) is 84.9 Å². The maximum absolute atomic E-state index is 13.5. The summed E-state index contributed by atoms with van der Waals surface area (Å²) in [5, 5.41) is 7.82. The smallest absolute Gasteiger partial charge is 0.254 e. The van der Waals surface area contributed by atoms with Gasteiger partial charge in [0.05, 0.1) is 11.4 Å². The molecule has 6 heteroatoms. The Bertz CT molecular complexity index is 1410. The van der Waals surface area contributed by atoms with Crippen LogP contribution in [-0.2, 0) is 10.2 Å². The molecule has 0 saturated carbocycles. The molecule has 0 aliphatic carbocycles. The lowest BCUT2D eigenvalue weighted by molar-refractivity contribution is -0.117. The molecular weight excluding hydrogens is 484 g/mol. The fraction of sp³-hybridized carbons (Fsp3) is 0.303. The number of aromatic nitrogens is 2. The SMILES string of the molecule is Cc1ccc(-n2nc(C(C)(C)C)cc2NC(=O)CN(CC(C)C)C(=O)c2ccc(-c3ccccc3)cc2)cc1. The quantitative estimate of drug-likeness (QED) is 0.274. The summed E-state index contributed by atoms with van der Waals surface area (Å²) in [7, 11) is 0. The Kier molecular flexibility index (Phi) is 8.34. The van der Waals surface area contributed by atoms with Gasteiger partial charge in [0.25, 0.3) is 5.91 Å². The third-order valence-electron chi connectivity index (χ3n) is 6.47. The number of aryl methyl sites for hydroxylation is 1. The van der Waals surface area contributed by atoms with Crippen LogP contribution in [0.2, 0.25) is 0 Å². The molecule has 0 aliphatic heterocycles. The molecule has 39 heavy (non-hydrogen) atoms. The summed E-state index contributed by atoms with van der Waals surface area (Å²) in [5.41, 5.74) is 5.37. The molecular formula is C33H38N4O2. The van der Waals surface area contributed by atoms with Gasteiger partial charge in [0.2, 0.25) is 5.91 Å². The van der Waals surface area contributed by atoms with Crippen LogP contribution in [0.1, 0.15) is 56.2 Å². The fourth-order valence-corrected chi connectivity index (χ4v) is 4.35. The molecule has 4 rings (SSSR count). The van der Waals surface area contributed by atoms with Crippen LogP contribution < -0.4 is 5.32 Å². The number of rotatable bonds is 8. The first-order valence-corrected chi connectivity index (χ1v) is 13.4. The average Bonchev–Trinajstić information content (AvgIpc) is 3.33. The van der Waals surface area contributed by atoms with E-state index in [0.29, 0.717) is 17.9 Å².